The van der Waals surface area contributed by atoms with Crippen molar-refractivity contribution in [2.45, 2.75) is 6.42 Å². The van der Waals surface area contributed by atoms with Gasteiger partial charge in [-0.15, -0.1) is 21.5 Å². The molecule has 0 aliphatic heterocycles. The summed E-state index contributed by atoms with van der Waals surface area (Å²) in [5, 5.41) is 11.4. The second-order valence-corrected chi connectivity index (χ2v) is 5.17. The molecule has 9 heteroatoms. The summed E-state index contributed by atoms with van der Waals surface area (Å²) < 4.78 is 1.81. The molecule has 0 amide bonds. The van der Waals surface area contributed by atoms with Crippen LogP contribution in [-0.4, -0.2) is 41.1 Å². The van der Waals surface area contributed by atoms with Crippen molar-refractivity contribution in [1.82, 2.24) is 34.5 Å². The monoisotopic (exact) mass is 286 g/mol. The Morgan fingerprint density at radius 3 is 3.15 bits per heavy atom. The highest BCUT2D eigenvalue weighted by molar-refractivity contribution is 7.09. The smallest absolute Gasteiger partial charge is 0.190 e. The highest BCUT2D eigenvalue weighted by Crippen LogP contribution is 2.22. The molecule has 4 aromatic heterocycles. The standard InChI is InChI=1S/C11H10N8S/c12-2-1-7-16-6(3-20-7)10-17-18-11-8-9(14-4-13-8)15-5-19(10)11/h3-5H,1-2,12H2,(H,13,14). The first-order valence-corrected chi connectivity index (χ1v) is 6.92. The first-order valence-electron chi connectivity index (χ1n) is 6.04. The van der Waals surface area contributed by atoms with Gasteiger partial charge in [-0.3, -0.25) is 4.40 Å². The number of imidazole rings is 1. The van der Waals surface area contributed by atoms with Crippen molar-refractivity contribution in [3.8, 4) is 11.5 Å². The molecule has 0 fully saturated rings. The van der Waals surface area contributed by atoms with E-state index < -0.39 is 0 Å². The molecule has 20 heavy (non-hydrogen) atoms. The van der Waals surface area contributed by atoms with E-state index in [9.17, 15) is 0 Å². The van der Waals surface area contributed by atoms with Gasteiger partial charge in [0.15, 0.2) is 17.1 Å². The van der Waals surface area contributed by atoms with E-state index >= 15 is 0 Å². The van der Waals surface area contributed by atoms with Crippen molar-refractivity contribution >= 4 is 28.1 Å². The van der Waals surface area contributed by atoms with Gasteiger partial charge in [0.2, 0.25) is 0 Å². The van der Waals surface area contributed by atoms with E-state index in [0.29, 0.717) is 23.7 Å². The van der Waals surface area contributed by atoms with Crippen LogP contribution in [0.15, 0.2) is 18.0 Å². The summed E-state index contributed by atoms with van der Waals surface area (Å²) in [5.41, 5.74) is 8.41. The lowest BCUT2D eigenvalue weighted by atomic mass is 10.4. The molecule has 0 aliphatic rings. The molecule has 0 unspecified atom stereocenters. The second kappa shape index (κ2) is 4.32. The normalized spacial score (nSPS) is 11.7. The second-order valence-electron chi connectivity index (χ2n) is 4.23. The van der Waals surface area contributed by atoms with Gasteiger partial charge in [0.1, 0.15) is 17.5 Å². The highest BCUT2D eigenvalue weighted by Gasteiger charge is 2.14. The minimum absolute atomic E-state index is 0.587. The van der Waals surface area contributed by atoms with Crippen molar-refractivity contribution in [1.29, 1.82) is 0 Å². The maximum atomic E-state index is 5.54. The Labute approximate surface area is 116 Å². The average molecular weight is 286 g/mol. The largest absolute Gasteiger partial charge is 0.340 e. The predicted octanol–water partition coefficient (Wildman–Crippen LogP) is 0.625. The summed E-state index contributed by atoms with van der Waals surface area (Å²) >= 11 is 1.57. The van der Waals surface area contributed by atoms with Gasteiger partial charge in [0.25, 0.3) is 0 Å². The highest BCUT2D eigenvalue weighted by atomic mass is 32.1. The maximum absolute atomic E-state index is 5.54. The summed E-state index contributed by atoms with van der Waals surface area (Å²) in [6.07, 6.45) is 4.02. The van der Waals surface area contributed by atoms with Gasteiger partial charge in [-0.1, -0.05) is 0 Å². The average Bonchev–Trinajstić information content (AvgIpc) is 3.16. The maximum Gasteiger partial charge on any atom is 0.190 e. The Morgan fingerprint density at radius 1 is 1.30 bits per heavy atom. The molecule has 0 saturated heterocycles. The fourth-order valence-electron chi connectivity index (χ4n) is 2.06. The molecule has 8 nitrogen and oxygen atoms in total. The van der Waals surface area contributed by atoms with Crippen molar-refractivity contribution in [3.05, 3.63) is 23.0 Å². The van der Waals surface area contributed by atoms with Gasteiger partial charge >= 0.3 is 0 Å². The van der Waals surface area contributed by atoms with Gasteiger partial charge in [0, 0.05) is 11.8 Å². The minimum Gasteiger partial charge on any atom is -0.340 e. The van der Waals surface area contributed by atoms with Crippen molar-refractivity contribution in [3.63, 3.8) is 0 Å². The number of nitrogens with zero attached hydrogens (tertiary/aromatic N) is 6. The molecule has 0 atom stereocenters. The number of hydrogen-bond acceptors (Lipinski definition) is 7. The van der Waals surface area contributed by atoms with Crippen LogP contribution in [0.25, 0.3) is 28.3 Å². The van der Waals surface area contributed by atoms with Crippen molar-refractivity contribution in [2.75, 3.05) is 6.54 Å². The molecule has 3 N–H and O–H groups in total. The quantitative estimate of drug-likeness (QED) is 0.571. The van der Waals surface area contributed by atoms with Crippen LogP contribution < -0.4 is 5.73 Å². The number of rotatable bonds is 3. The summed E-state index contributed by atoms with van der Waals surface area (Å²) in [4.78, 5) is 15.9. The van der Waals surface area contributed by atoms with Crippen molar-refractivity contribution < 1.29 is 0 Å². The summed E-state index contributed by atoms with van der Waals surface area (Å²) in [7, 11) is 0. The van der Waals surface area contributed by atoms with Gasteiger partial charge in [-0.25, -0.2) is 15.0 Å². The first kappa shape index (κ1) is 11.4. The van der Waals surface area contributed by atoms with E-state index in [1.54, 1.807) is 24.0 Å². The summed E-state index contributed by atoms with van der Waals surface area (Å²) in [6, 6.07) is 0. The first-order chi connectivity index (χ1) is 9.86. The minimum atomic E-state index is 0.587. The van der Waals surface area contributed by atoms with Crippen LogP contribution in [0.5, 0.6) is 0 Å². The predicted molar refractivity (Wildman–Crippen MR) is 74.3 cm³/mol. The lowest BCUT2D eigenvalue weighted by Gasteiger charge is -1.96. The molecule has 100 valence electrons. The lowest BCUT2D eigenvalue weighted by Crippen LogP contribution is -2.02. The third-order valence-electron chi connectivity index (χ3n) is 2.97. The number of nitrogens with two attached hydrogens (primary N) is 1. The van der Waals surface area contributed by atoms with Crippen LogP contribution in [-0.2, 0) is 6.42 Å². The Hall–Kier alpha value is -2.39. The van der Waals surface area contributed by atoms with E-state index in [0.717, 1.165) is 22.6 Å². The molecular formula is C11H10N8S. The number of fused-ring (bicyclic) bond motifs is 3. The molecule has 0 spiro atoms. The fraction of sp³-hybridized carbons (Fsp3) is 0.182. The van der Waals surface area contributed by atoms with E-state index in [1.807, 2.05) is 9.78 Å². The number of aromatic amines is 1. The number of nitrogens with one attached hydrogen (secondary N) is 1. The van der Waals surface area contributed by atoms with Gasteiger partial charge in [0.05, 0.1) is 11.3 Å². The van der Waals surface area contributed by atoms with Gasteiger partial charge in [-0.05, 0) is 6.54 Å². The van der Waals surface area contributed by atoms with E-state index in [4.69, 9.17) is 5.73 Å². The summed E-state index contributed by atoms with van der Waals surface area (Å²) in [6.45, 7) is 0.587. The van der Waals surface area contributed by atoms with Crippen LogP contribution in [0, 0.1) is 0 Å². The Kier molecular flexibility index (Phi) is 2.47. The Bertz CT molecular complexity index is 888. The number of H-pyrrole nitrogens is 1. The molecule has 0 bridgehead atoms. The summed E-state index contributed by atoms with van der Waals surface area (Å²) in [5.74, 6) is 0.670. The Morgan fingerprint density at radius 2 is 2.25 bits per heavy atom. The van der Waals surface area contributed by atoms with Gasteiger partial charge < -0.3 is 10.7 Å². The van der Waals surface area contributed by atoms with Crippen LogP contribution >= 0.6 is 11.3 Å². The third-order valence-corrected chi connectivity index (χ3v) is 3.88. The van der Waals surface area contributed by atoms with Crippen LogP contribution in [0.4, 0.5) is 0 Å². The molecule has 4 aromatic rings. The zero-order chi connectivity index (χ0) is 13.5. The molecule has 4 rings (SSSR count). The number of thiazole rings is 1. The fourth-order valence-corrected chi connectivity index (χ4v) is 2.85. The molecule has 0 aromatic carbocycles. The van der Waals surface area contributed by atoms with Crippen LogP contribution in [0.3, 0.4) is 0 Å². The molecular weight excluding hydrogens is 276 g/mol. The lowest BCUT2D eigenvalue weighted by molar-refractivity contribution is 0.950. The van der Waals surface area contributed by atoms with Gasteiger partial charge in [-0.2, -0.15) is 0 Å². The zero-order valence-electron chi connectivity index (χ0n) is 10.3. The molecule has 0 radical (unpaired) electrons. The third kappa shape index (κ3) is 1.60. The van der Waals surface area contributed by atoms with E-state index in [-0.39, 0.29) is 0 Å². The Balaban J connectivity index is 1.90. The molecule has 0 aliphatic carbocycles. The van der Waals surface area contributed by atoms with Crippen LogP contribution in [0.2, 0.25) is 0 Å². The molecule has 0 saturated carbocycles. The van der Waals surface area contributed by atoms with Crippen LogP contribution in [0.1, 0.15) is 5.01 Å². The number of aromatic nitrogens is 7. The number of hydrogen-bond donors (Lipinski definition) is 2. The zero-order valence-corrected chi connectivity index (χ0v) is 11.1. The van der Waals surface area contributed by atoms with E-state index in [1.165, 1.54) is 0 Å². The topological polar surface area (TPSA) is 111 Å². The van der Waals surface area contributed by atoms with E-state index in [2.05, 4.69) is 30.1 Å². The molecule has 4 heterocycles. The van der Waals surface area contributed by atoms with Crippen molar-refractivity contribution in [2.24, 2.45) is 5.73 Å². The SMILES string of the molecule is NCCc1nc(-c2nnc3c4[nH]cnc4ncn23)cs1.